The molecule has 0 bridgehead atoms. The van der Waals surface area contributed by atoms with E-state index in [1.807, 2.05) is 13.0 Å². The third-order valence-electron chi connectivity index (χ3n) is 5.38. The Balaban J connectivity index is 2.29. The van der Waals surface area contributed by atoms with Crippen LogP contribution in [0.25, 0.3) is 22.9 Å². The maximum Gasteiger partial charge on any atom is 0.282 e. The Bertz CT molecular complexity index is 1190. The van der Waals surface area contributed by atoms with Crippen molar-refractivity contribution in [3.63, 3.8) is 0 Å². The number of aromatic nitrogens is 2. The Morgan fingerprint density at radius 3 is 2.61 bits per heavy atom. The molecule has 3 N–H and O–H groups in total. The third-order valence-corrected chi connectivity index (χ3v) is 5.38. The Morgan fingerprint density at radius 1 is 1.25 bits per heavy atom. The summed E-state index contributed by atoms with van der Waals surface area (Å²) in [6.45, 7) is 5.32. The van der Waals surface area contributed by atoms with E-state index in [0.717, 1.165) is 5.56 Å². The fourth-order valence-electron chi connectivity index (χ4n) is 4.13. The number of benzene rings is 1. The van der Waals surface area contributed by atoms with Gasteiger partial charge in [-0.15, -0.1) is 0 Å². The minimum absolute atomic E-state index is 0.0367. The van der Waals surface area contributed by atoms with E-state index in [0.29, 0.717) is 40.2 Å². The van der Waals surface area contributed by atoms with Gasteiger partial charge in [-0.05, 0) is 44.0 Å². The van der Waals surface area contributed by atoms with Crippen LogP contribution in [0.3, 0.4) is 0 Å². The molecule has 0 aliphatic heterocycles. The molecule has 3 aromatic rings. The van der Waals surface area contributed by atoms with Crippen LogP contribution >= 0.6 is 0 Å². The van der Waals surface area contributed by atoms with Crippen molar-refractivity contribution in [2.24, 2.45) is 5.73 Å². The van der Waals surface area contributed by atoms with E-state index < -0.39 is 18.0 Å². The quantitative estimate of drug-likeness (QED) is 0.710. The van der Waals surface area contributed by atoms with E-state index in [9.17, 15) is 18.7 Å². The number of rotatable bonds is 3. The molecule has 7 heteroatoms. The number of phenols is 1. The van der Waals surface area contributed by atoms with E-state index in [1.54, 1.807) is 36.5 Å². The van der Waals surface area contributed by atoms with Crippen molar-refractivity contribution >= 4 is 17.5 Å². The van der Waals surface area contributed by atoms with Crippen LogP contribution in [0.4, 0.5) is 8.78 Å². The molecule has 0 saturated carbocycles. The summed E-state index contributed by atoms with van der Waals surface area (Å²) in [6, 6.07) is 3.35. The molecule has 4 rings (SSSR count). The summed E-state index contributed by atoms with van der Waals surface area (Å²) in [5.41, 5.74) is 9.60. The molecule has 1 amide bonds. The van der Waals surface area contributed by atoms with Crippen LogP contribution in [0.1, 0.15) is 50.6 Å². The minimum atomic E-state index is -2.87. The number of hydrogen-bond acceptors (Lipinski definition) is 3. The van der Waals surface area contributed by atoms with Crippen molar-refractivity contribution < 1.29 is 18.7 Å². The average molecular weight is 383 g/mol. The van der Waals surface area contributed by atoms with E-state index in [4.69, 9.17) is 5.73 Å². The van der Waals surface area contributed by atoms with Crippen LogP contribution in [-0.2, 0) is 6.42 Å². The molecule has 0 fully saturated rings. The zero-order chi connectivity index (χ0) is 20.3. The molecular formula is C21H19F2N3O2. The number of fused-ring (bicyclic) bond motifs is 3. The summed E-state index contributed by atoms with van der Waals surface area (Å²) in [7, 11) is 0. The van der Waals surface area contributed by atoms with E-state index in [2.05, 4.69) is 4.98 Å². The molecule has 0 saturated heterocycles. The van der Waals surface area contributed by atoms with Gasteiger partial charge in [0.15, 0.2) is 0 Å². The van der Waals surface area contributed by atoms with Gasteiger partial charge >= 0.3 is 0 Å². The third kappa shape index (κ3) is 2.35. The number of carbonyl (C=O) groups excluding carboxylic acids is 1. The van der Waals surface area contributed by atoms with Gasteiger partial charge in [0, 0.05) is 17.5 Å². The van der Waals surface area contributed by atoms with Gasteiger partial charge < -0.3 is 15.2 Å². The largest absolute Gasteiger partial charge is 0.508 e. The number of carbonyl (C=O) groups is 1. The summed E-state index contributed by atoms with van der Waals surface area (Å²) >= 11 is 0. The van der Waals surface area contributed by atoms with Crippen molar-refractivity contribution in [3.05, 3.63) is 57.5 Å². The summed E-state index contributed by atoms with van der Waals surface area (Å²) in [6.07, 6.45) is 1.18. The highest BCUT2D eigenvalue weighted by Crippen LogP contribution is 2.42. The Kier molecular flexibility index (Phi) is 3.99. The summed E-state index contributed by atoms with van der Waals surface area (Å²) in [4.78, 5) is 16.4. The average Bonchev–Trinajstić information content (AvgIpc) is 3.20. The van der Waals surface area contributed by atoms with E-state index >= 15 is 0 Å². The van der Waals surface area contributed by atoms with Gasteiger partial charge in [0.2, 0.25) is 0 Å². The molecule has 5 nitrogen and oxygen atoms in total. The smallest absolute Gasteiger partial charge is 0.282 e. The molecule has 1 aromatic carbocycles. The van der Waals surface area contributed by atoms with Gasteiger partial charge in [0.1, 0.15) is 11.4 Å². The second-order valence-corrected chi connectivity index (χ2v) is 7.03. The molecule has 0 spiro atoms. The highest BCUT2D eigenvalue weighted by Gasteiger charge is 2.31. The Morgan fingerprint density at radius 2 is 1.96 bits per heavy atom. The number of phenolic OH excluding ortho intramolecular Hbond substituents is 1. The molecule has 144 valence electrons. The Labute approximate surface area is 160 Å². The molecule has 2 aromatic heterocycles. The van der Waals surface area contributed by atoms with Crippen LogP contribution in [0.15, 0.2) is 18.2 Å². The second-order valence-electron chi connectivity index (χ2n) is 7.03. The molecule has 1 aliphatic rings. The first-order valence-corrected chi connectivity index (χ1v) is 8.85. The maximum atomic E-state index is 13.9. The fraction of sp³-hybridized carbons (Fsp3) is 0.238. The lowest BCUT2D eigenvalue weighted by Gasteiger charge is -2.16. The number of amides is 1. The first kappa shape index (κ1) is 18.2. The number of alkyl halides is 2. The number of halogens is 2. The van der Waals surface area contributed by atoms with Crippen molar-refractivity contribution in [2.45, 2.75) is 33.6 Å². The number of nitrogens with zero attached hydrogens (tertiary/aromatic N) is 2. The van der Waals surface area contributed by atoms with Gasteiger partial charge in [0.25, 0.3) is 12.3 Å². The predicted molar refractivity (Wildman–Crippen MR) is 103 cm³/mol. The lowest BCUT2D eigenvalue weighted by molar-refractivity contribution is 0.100. The number of primary amides is 1. The van der Waals surface area contributed by atoms with Crippen LogP contribution in [0.2, 0.25) is 0 Å². The second kappa shape index (κ2) is 6.15. The van der Waals surface area contributed by atoms with E-state index in [-0.39, 0.29) is 16.8 Å². The van der Waals surface area contributed by atoms with Crippen LogP contribution in [-0.4, -0.2) is 20.4 Å². The van der Waals surface area contributed by atoms with Crippen molar-refractivity contribution in [2.75, 3.05) is 0 Å². The van der Waals surface area contributed by atoms with Gasteiger partial charge in [-0.3, -0.25) is 4.79 Å². The molecular weight excluding hydrogens is 364 g/mol. The van der Waals surface area contributed by atoms with Crippen molar-refractivity contribution in [1.29, 1.82) is 0 Å². The lowest BCUT2D eigenvalue weighted by Crippen LogP contribution is -2.14. The van der Waals surface area contributed by atoms with Crippen LogP contribution < -0.4 is 5.73 Å². The van der Waals surface area contributed by atoms with Gasteiger partial charge in [0.05, 0.1) is 28.2 Å². The first-order chi connectivity index (χ1) is 13.2. The van der Waals surface area contributed by atoms with Gasteiger partial charge in [-0.1, -0.05) is 12.1 Å². The van der Waals surface area contributed by atoms with Gasteiger partial charge in [-0.25, -0.2) is 13.8 Å². The molecule has 0 atom stereocenters. The minimum Gasteiger partial charge on any atom is -0.508 e. The first-order valence-electron chi connectivity index (χ1n) is 8.85. The monoisotopic (exact) mass is 383 g/mol. The highest BCUT2D eigenvalue weighted by atomic mass is 19.3. The van der Waals surface area contributed by atoms with Crippen molar-refractivity contribution in [3.8, 4) is 17.0 Å². The molecule has 28 heavy (non-hydrogen) atoms. The zero-order valence-corrected chi connectivity index (χ0v) is 15.7. The number of allylic oxidation sites excluding steroid dienone is 1. The zero-order valence-electron chi connectivity index (χ0n) is 15.7. The Hall–Kier alpha value is -3.22. The molecule has 1 aliphatic carbocycles. The number of aromatic hydroxyl groups is 1. The summed E-state index contributed by atoms with van der Waals surface area (Å²) in [5.74, 6) is -0.695. The predicted octanol–water partition coefficient (Wildman–Crippen LogP) is 4.24. The summed E-state index contributed by atoms with van der Waals surface area (Å²) < 4.78 is 29.4. The SMILES string of the molecule is Cc1ccc(O)c(C)c1-c1c(C)c(C(N)=O)c2c(C(F)F)nc3c(n12)CC=C3. The molecule has 0 unspecified atom stereocenters. The highest BCUT2D eigenvalue weighted by molar-refractivity contribution is 6.05. The topological polar surface area (TPSA) is 80.6 Å². The molecule has 2 heterocycles. The lowest BCUT2D eigenvalue weighted by atomic mass is 9.96. The fourth-order valence-corrected chi connectivity index (χ4v) is 4.13. The number of nitrogens with two attached hydrogens (primary N) is 1. The molecule has 0 radical (unpaired) electrons. The number of aryl methyl sites for hydroxylation is 1. The van der Waals surface area contributed by atoms with Crippen LogP contribution in [0.5, 0.6) is 5.75 Å². The van der Waals surface area contributed by atoms with E-state index in [1.165, 1.54) is 0 Å². The normalized spacial score (nSPS) is 12.9. The van der Waals surface area contributed by atoms with Gasteiger partial charge in [-0.2, -0.15) is 0 Å². The number of hydrogen-bond donors (Lipinski definition) is 2. The van der Waals surface area contributed by atoms with Crippen LogP contribution in [0, 0.1) is 20.8 Å². The standard InChI is InChI=1S/C21H19F2N3O2/c1-9-7-8-14(27)10(2)15(9)18-11(3)16(21(24)28)19-17(20(22)23)25-12-5-4-6-13(12)26(18)19/h4-5,7-8,20,27H,6H2,1-3H3,(H2,24,28). The summed E-state index contributed by atoms with van der Waals surface area (Å²) in [5, 5.41) is 10.3. The maximum absolute atomic E-state index is 13.9. The van der Waals surface area contributed by atoms with Crippen molar-refractivity contribution in [1.82, 2.24) is 9.38 Å².